The van der Waals surface area contributed by atoms with Gasteiger partial charge in [-0.2, -0.15) is 0 Å². The second kappa shape index (κ2) is 10.4. The van der Waals surface area contributed by atoms with Gasteiger partial charge >= 0.3 is 0 Å². The van der Waals surface area contributed by atoms with Crippen molar-refractivity contribution in [1.29, 1.82) is 0 Å². The number of ether oxygens (including phenoxy) is 2. The van der Waals surface area contributed by atoms with Crippen molar-refractivity contribution in [2.75, 3.05) is 18.4 Å². The van der Waals surface area contributed by atoms with Gasteiger partial charge in [-0.15, -0.1) is 21.5 Å². The number of thiazole rings is 1. The molecule has 0 aliphatic carbocycles. The number of rotatable bonds is 8. The van der Waals surface area contributed by atoms with E-state index in [0.717, 1.165) is 10.4 Å². The second-order valence-electron chi connectivity index (χ2n) is 8.49. The zero-order valence-corrected chi connectivity index (χ0v) is 21.4. The van der Waals surface area contributed by atoms with Crippen LogP contribution in [-0.2, 0) is 4.79 Å². The Balaban J connectivity index is 1.39. The van der Waals surface area contributed by atoms with Crippen LogP contribution in [0.1, 0.15) is 34.5 Å². The molecule has 190 valence electrons. The van der Waals surface area contributed by atoms with Crippen molar-refractivity contribution in [3.05, 3.63) is 65.0 Å². The standard InChI is InChI=1S/C26H25N5O5S/c1-4-31-10-9-22(25(31)33)36-21-12-18(23(32)28-26-27-14-15(2)37-26)11-20(13-21)35-19-7-5-17(6-8-19)24-30-29-16(3)34-24/h5-8,11-14,22H,4,9-10H2,1-3H3,(H,27,28,32)/t22-/m1/s1. The summed E-state index contributed by atoms with van der Waals surface area (Å²) in [6, 6.07) is 12.0. The van der Waals surface area contributed by atoms with Crippen LogP contribution < -0.4 is 14.8 Å². The number of carbonyl (C=O) groups is 2. The Bertz CT molecular complexity index is 1430. The first-order valence-corrected chi connectivity index (χ1v) is 12.6. The van der Waals surface area contributed by atoms with Crippen molar-refractivity contribution in [1.82, 2.24) is 20.1 Å². The van der Waals surface area contributed by atoms with Gasteiger partial charge in [0.25, 0.3) is 11.8 Å². The fourth-order valence-corrected chi connectivity index (χ4v) is 4.58. The predicted octanol–water partition coefficient (Wildman–Crippen LogP) is 4.85. The highest BCUT2D eigenvalue weighted by atomic mass is 32.1. The maximum absolute atomic E-state index is 13.0. The van der Waals surface area contributed by atoms with E-state index in [1.807, 2.05) is 13.8 Å². The van der Waals surface area contributed by atoms with Crippen LogP contribution in [0.5, 0.6) is 17.2 Å². The molecule has 1 atom stereocenters. The van der Waals surface area contributed by atoms with E-state index in [1.165, 1.54) is 11.3 Å². The van der Waals surface area contributed by atoms with E-state index in [1.54, 1.807) is 60.5 Å². The van der Waals surface area contributed by atoms with Gasteiger partial charge in [-0.1, -0.05) is 0 Å². The van der Waals surface area contributed by atoms with Crippen LogP contribution >= 0.6 is 11.3 Å². The van der Waals surface area contributed by atoms with Gasteiger partial charge in [0.1, 0.15) is 17.2 Å². The molecule has 3 heterocycles. The molecule has 1 N–H and O–H groups in total. The number of hydrogen-bond donors (Lipinski definition) is 1. The van der Waals surface area contributed by atoms with Gasteiger partial charge in [-0.25, -0.2) is 4.98 Å². The lowest BCUT2D eigenvalue weighted by molar-refractivity contribution is -0.133. The van der Waals surface area contributed by atoms with Gasteiger partial charge in [0.2, 0.25) is 11.8 Å². The Hall–Kier alpha value is -4.25. The number of nitrogens with one attached hydrogen (secondary N) is 1. The van der Waals surface area contributed by atoms with Gasteiger partial charge in [-0.05, 0) is 50.2 Å². The van der Waals surface area contributed by atoms with Crippen molar-refractivity contribution in [2.45, 2.75) is 33.3 Å². The number of carbonyl (C=O) groups excluding carboxylic acids is 2. The zero-order valence-electron chi connectivity index (χ0n) is 20.6. The molecule has 37 heavy (non-hydrogen) atoms. The first-order valence-electron chi connectivity index (χ1n) is 11.8. The summed E-state index contributed by atoms with van der Waals surface area (Å²) in [4.78, 5) is 32.5. The van der Waals surface area contributed by atoms with Crippen LogP contribution in [0.25, 0.3) is 11.5 Å². The topological polar surface area (TPSA) is 120 Å². The molecule has 1 aliphatic rings. The number of anilines is 1. The summed E-state index contributed by atoms with van der Waals surface area (Å²) in [5.41, 5.74) is 1.07. The largest absolute Gasteiger partial charge is 0.480 e. The highest BCUT2D eigenvalue weighted by Gasteiger charge is 2.32. The summed E-state index contributed by atoms with van der Waals surface area (Å²) >= 11 is 1.38. The lowest BCUT2D eigenvalue weighted by Crippen LogP contribution is -2.32. The van der Waals surface area contributed by atoms with Crippen molar-refractivity contribution in [3.8, 4) is 28.7 Å². The number of benzene rings is 2. The molecule has 10 nitrogen and oxygen atoms in total. The Kier molecular flexibility index (Phi) is 6.87. The van der Waals surface area contributed by atoms with Crippen LogP contribution in [-0.4, -0.2) is 51.1 Å². The third kappa shape index (κ3) is 5.61. The van der Waals surface area contributed by atoms with Gasteiger partial charge < -0.3 is 18.8 Å². The monoisotopic (exact) mass is 519 g/mol. The number of likely N-dealkylation sites (tertiary alicyclic amines) is 1. The maximum atomic E-state index is 13.0. The van der Waals surface area contributed by atoms with E-state index in [4.69, 9.17) is 13.9 Å². The molecule has 5 rings (SSSR count). The van der Waals surface area contributed by atoms with E-state index < -0.39 is 6.10 Å². The van der Waals surface area contributed by atoms with Crippen LogP contribution in [0.2, 0.25) is 0 Å². The molecule has 1 fully saturated rings. The number of likely N-dealkylation sites (N-methyl/N-ethyl adjacent to an activating group) is 1. The molecule has 2 amide bonds. The molecule has 0 spiro atoms. The molecule has 0 saturated carbocycles. The normalized spacial score (nSPS) is 15.2. The van der Waals surface area contributed by atoms with E-state index in [2.05, 4.69) is 20.5 Å². The quantitative estimate of drug-likeness (QED) is 0.351. The Labute approximate surface area is 217 Å². The molecular formula is C26H25N5O5S. The van der Waals surface area contributed by atoms with Gasteiger partial charge in [-0.3, -0.25) is 14.9 Å². The summed E-state index contributed by atoms with van der Waals surface area (Å²) in [7, 11) is 0. The van der Waals surface area contributed by atoms with Crippen LogP contribution in [0.4, 0.5) is 5.13 Å². The average Bonchev–Trinajstić information content (AvgIpc) is 3.60. The number of nitrogens with zero attached hydrogens (tertiary/aromatic N) is 4. The summed E-state index contributed by atoms with van der Waals surface area (Å²) < 4.78 is 17.6. The molecule has 1 aliphatic heterocycles. The SMILES string of the molecule is CCN1CC[C@@H](Oc2cc(Oc3ccc(-c4nnc(C)o4)cc3)cc(C(=O)Nc3ncc(C)s3)c2)C1=O. The Morgan fingerprint density at radius 1 is 1.14 bits per heavy atom. The van der Waals surface area contributed by atoms with Gasteiger partial charge in [0.05, 0.1) is 0 Å². The molecule has 0 bridgehead atoms. The van der Waals surface area contributed by atoms with Crippen LogP contribution in [0.15, 0.2) is 53.1 Å². The maximum Gasteiger partial charge on any atom is 0.263 e. The summed E-state index contributed by atoms with van der Waals surface area (Å²) in [5, 5.41) is 11.2. The first-order chi connectivity index (χ1) is 17.9. The van der Waals surface area contributed by atoms with Crippen molar-refractivity contribution < 1.29 is 23.5 Å². The molecule has 0 radical (unpaired) electrons. The fraction of sp³-hybridized carbons (Fsp3) is 0.269. The molecule has 2 aromatic heterocycles. The highest BCUT2D eigenvalue weighted by Crippen LogP contribution is 2.31. The number of aryl methyl sites for hydroxylation is 2. The van der Waals surface area contributed by atoms with Gasteiger partial charge in [0.15, 0.2) is 11.2 Å². The van der Waals surface area contributed by atoms with Gasteiger partial charge in [0, 0.05) is 54.7 Å². The fourth-order valence-electron chi connectivity index (χ4n) is 3.92. The predicted molar refractivity (Wildman–Crippen MR) is 137 cm³/mol. The third-order valence-electron chi connectivity index (χ3n) is 5.76. The molecule has 4 aromatic rings. The average molecular weight is 520 g/mol. The summed E-state index contributed by atoms with van der Waals surface area (Å²) in [6.45, 7) is 6.84. The molecule has 11 heteroatoms. The van der Waals surface area contributed by atoms with E-state index in [-0.39, 0.29) is 11.8 Å². The molecule has 1 saturated heterocycles. The zero-order chi connectivity index (χ0) is 25.9. The lowest BCUT2D eigenvalue weighted by Gasteiger charge is -2.16. The van der Waals surface area contributed by atoms with E-state index in [0.29, 0.717) is 59.2 Å². The summed E-state index contributed by atoms with van der Waals surface area (Å²) in [6.07, 6.45) is 1.66. The highest BCUT2D eigenvalue weighted by molar-refractivity contribution is 7.15. The minimum absolute atomic E-state index is 0.0649. The number of amides is 2. The van der Waals surface area contributed by atoms with Crippen LogP contribution in [0, 0.1) is 13.8 Å². The van der Waals surface area contributed by atoms with E-state index in [9.17, 15) is 9.59 Å². The minimum atomic E-state index is -0.607. The molecule has 0 unspecified atom stereocenters. The van der Waals surface area contributed by atoms with Crippen molar-refractivity contribution in [2.24, 2.45) is 0 Å². The van der Waals surface area contributed by atoms with Crippen molar-refractivity contribution >= 4 is 28.3 Å². The number of aromatic nitrogens is 3. The first kappa shape index (κ1) is 24.4. The Morgan fingerprint density at radius 2 is 1.92 bits per heavy atom. The molecule has 2 aromatic carbocycles. The Morgan fingerprint density at radius 3 is 2.57 bits per heavy atom. The van der Waals surface area contributed by atoms with Crippen LogP contribution in [0.3, 0.4) is 0 Å². The van der Waals surface area contributed by atoms with E-state index >= 15 is 0 Å². The third-order valence-corrected chi connectivity index (χ3v) is 6.58. The smallest absolute Gasteiger partial charge is 0.263 e. The molecular weight excluding hydrogens is 494 g/mol. The number of hydrogen-bond acceptors (Lipinski definition) is 9. The summed E-state index contributed by atoms with van der Waals surface area (Å²) in [5.74, 6) is 1.76. The lowest BCUT2D eigenvalue weighted by atomic mass is 10.1. The minimum Gasteiger partial charge on any atom is -0.480 e. The van der Waals surface area contributed by atoms with Crippen molar-refractivity contribution in [3.63, 3.8) is 0 Å². The second-order valence-corrected chi connectivity index (χ2v) is 9.72.